The molecule has 0 radical (unpaired) electrons. The van der Waals surface area contributed by atoms with Gasteiger partial charge in [-0.2, -0.15) is 4.98 Å². The molecule has 1 heterocycles. The van der Waals surface area contributed by atoms with Crippen molar-refractivity contribution in [2.24, 2.45) is 0 Å². The Morgan fingerprint density at radius 1 is 1.20 bits per heavy atom. The molecule has 0 bridgehead atoms. The maximum Gasteiger partial charge on any atom is 0.252 e. The zero-order chi connectivity index (χ0) is 15.0. The number of anilines is 1. The lowest BCUT2D eigenvalue weighted by molar-refractivity contribution is 0.188. The second-order valence-electron chi connectivity index (χ2n) is 4.91. The quantitative estimate of drug-likeness (QED) is 0.677. The minimum Gasteiger partial charge on any atom is -0.473 e. The van der Waals surface area contributed by atoms with Gasteiger partial charge in [0, 0.05) is 12.6 Å². The van der Waals surface area contributed by atoms with Crippen LogP contribution in [0.2, 0.25) is 0 Å². The maximum absolute atomic E-state index is 13.6. The van der Waals surface area contributed by atoms with Crippen LogP contribution in [0, 0.1) is 11.6 Å². The molecule has 20 heavy (non-hydrogen) atoms. The zero-order valence-electron chi connectivity index (χ0n) is 12.5. The molecule has 1 atom stereocenters. The summed E-state index contributed by atoms with van der Waals surface area (Å²) in [5.74, 6) is -1.57. The summed E-state index contributed by atoms with van der Waals surface area (Å²) in [5.41, 5.74) is 0. The number of aromatic nitrogens is 1. The third-order valence-electron chi connectivity index (χ3n) is 3.02. The van der Waals surface area contributed by atoms with E-state index in [1.807, 2.05) is 13.8 Å². The second-order valence-corrected chi connectivity index (χ2v) is 4.91. The van der Waals surface area contributed by atoms with E-state index in [2.05, 4.69) is 17.2 Å². The third-order valence-corrected chi connectivity index (χ3v) is 3.02. The van der Waals surface area contributed by atoms with Crippen LogP contribution >= 0.6 is 0 Å². The highest BCUT2D eigenvalue weighted by Gasteiger charge is 2.15. The Morgan fingerprint density at radius 3 is 2.60 bits per heavy atom. The monoisotopic (exact) mass is 286 g/mol. The topological polar surface area (TPSA) is 34.1 Å². The van der Waals surface area contributed by atoms with E-state index >= 15 is 0 Å². The van der Waals surface area contributed by atoms with Crippen molar-refractivity contribution in [2.45, 2.75) is 59.0 Å². The summed E-state index contributed by atoms with van der Waals surface area (Å²) in [6.07, 6.45) is 5.27. The van der Waals surface area contributed by atoms with Crippen LogP contribution in [0.25, 0.3) is 0 Å². The molecule has 114 valence electrons. The van der Waals surface area contributed by atoms with Gasteiger partial charge in [0.25, 0.3) is 5.88 Å². The van der Waals surface area contributed by atoms with Crippen LogP contribution in [0.15, 0.2) is 6.07 Å². The van der Waals surface area contributed by atoms with E-state index in [4.69, 9.17) is 4.74 Å². The number of unbranched alkanes of at least 4 members (excludes halogenated alkanes) is 3. The predicted octanol–water partition coefficient (Wildman–Crippen LogP) is 4.53. The summed E-state index contributed by atoms with van der Waals surface area (Å²) in [6, 6.07) is 0.810. The Balaban J connectivity index is 2.59. The summed E-state index contributed by atoms with van der Waals surface area (Å²) >= 11 is 0. The first-order valence-electron chi connectivity index (χ1n) is 7.35. The number of halogens is 2. The smallest absolute Gasteiger partial charge is 0.252 e. The van der Waals surface area contributed by atoms with Gasteiger partial charge in [0.2, 0.25) is 0 Å². The minimum atomic E-state index is -0.760. The SMILES string of the molecule is CCCCCCC(C)Oc1nc(NCC)c(F)cc1F. The highest BCUT2D eigenvalue weighted by molar-refractivity contribution is 5.39. The lowest BCUT2D eigenvalue weighted by Crippen LogP contribution is -2.15. The molecule has 0 spiro atoms. The van der Waals surface area contributed by atoms with Gasteiger partial charge in [-0.15, -0.1) is 0 Å². The van der Waals surface area contributed by atoms with Crippen LogP contribution in [0.1, 0.15) is 52.9 Å². The molecular weight excluding hydrogens is 262 g/mol. The van der Waals surface area contributed by atoms with Gasteiger partial charge in [0.15, 0.2) is 17.5 Å². The van der Waals surface area contributed by atoms with Crippen molar-refractivity contribution in [1.82, 2.24) is 4.98 Å². The second kappa shape index (κ2) is 8.72. The molecule has 0 aliphatic heterocycles. The highest BCUT2D eigenvalue weighted by Crippen LogP contribution is 2.22. The molecular formula is C15H24F2N2O. The van der Waals surface area contributed by atoms with Crippen molar-refractivity contribution in [3.05, 3.63) is 17.7 Å². The molecule has 1 unspecified atom stereocenters. The summed E-state index contributed by atoms with van der Waals surface area (Å²) in [5, 5.41) is 2.74. The molecule has 1 rings (SSSR count). The van der Waals surface area contributed by atoms with Gasteiger partial charge >= 0.3 is 0 Å². The molecule has 0 aromatic carbocycles. The van der Waals surface area contributed by atoms with Crippen LogP contribution in [-0.2, 0) is 0 Å². The van der Waals surface area contributed by atoms with Crippen molar-refractivity contribution in [3.8, 4) is 5.88 Å². The molecule has 0 amide bonds. The van der Waals surface area contributed by atoms with Crippen LogP contribution < -0.4 is 10.1 Å². The molecule has 0 fully saturated rings. The molecule has 0 aliphatic rings. The highest BCUT2D eigenvalue weighted by atomic mass is 19.1. The fraction of sp³-hybridized carbons (Fsp3) is 0.667. The Morgan fingerprint density at radius 2 is 1.95 bits per heavy atom. The van der Waals surface area contributed by atoms with E-state index in [-0.39, 0.29) is 17.8 Å². The predicted molar refractivity (Wildman–Crippen MR) is 77.2 cm³/mol. The van der Waals surface area contributed by atoms with Gasteiger partial charge in [0.05, 0.1) is 6.10 Å². The largest absolute Gasteiger partial charge is 0.473 e. The summed E-state index contributed by atoms with van der Waals surface area (Å²) in [6.45, 7) is 6.37. The van der Waals surface area contributed by atoms with Crippen molar-refractivity contribution >= 4 is 5.82 Å². The number of hydrogen-bond donors (Lipinski definition) is 1. The van der Waals surface area contributed by atoms with Crippen LogP contribution in [0.4, 0.5) is 14.6 Å². The first-order chi connectivity index (χ1) is 9.58. The number of nitrogens with zero attached hydrogens (tertiary/aromatic N) is 1. The molecule has 1 aromatic heterocycles. The first-order valence-corrected chi connectivity index (χ1v) is 7.35. The number of rotatable bonds is 9. The normalized spacial score (nSPS) is 12.2. The van der Waals surface area contributed by atoms with Crippen molar-refractivity contribution < 1.29 is 13.5 Å². The van der Waals surface area contributed by atoms with E-state index in [1.165, 1.54) is 12.8 Å². The van der Waals surface area contributed by atoms with Gasteiger partial charge in [-0.3, -0.25) is 0 Å². The number of hydrogen-bond acceptors (Lipinski definition) is 3. The van der Waals surface area contributed by atoms with E-state index in [0.717, 1.165) is 25.3 Å². The number of pyridine rings is 1. The van der Waals surface area contributed by atoms with E-state index < -0.39 is 11.6 Å². The summed E-state index contributed by atoms with van der Waals surface area (Å²) in [7, 11) is 0. The fourth-order valence-electron chi connectivity index (χ4n) is 1.93. The molecule has 0 saturated carbocycles. The van der Waals surface area contributed by atoms with Crippen molar-refractivity contribution in [2.75, 3.05) is 11.9 Å². The Labute approximate surface area is 119 Å². The summed E-state index contributed by atoms with van der Waals surface area (Å²) < 4.78 is 32.5. The Hall–Kier alpha value is -1.39. The maximum atomic E-state index is 13.6. The van der Waals surface area contributed by atoms with Gasteiger partial charge in [0.1, 0.15) is 0 Å². The van der Waals surface area contributed by atoms with Gasteiger partial charge < -0.3 is 10.1 Å². The van der Waals surface area contributed by atoms with Crippen LogP contribution in [0.5, 0.6) is 5.88 Å². The first kappa shape index (κ1) is 16.7. The van der Waals surface area contributed by atoms with Crippen LogP contribution in [-0.4, -0.2) is 17.6 Å². The molecule has 1 aromatic rings. The van der Waals surface area contributed by atoms with Gasteiger partial charge in [-0.1, -0.05) is 26.2 Å². The molecule has 3 nitrogen and oxygen atoms in total. The number of nitrogens with one attached hydrogen (secondary N) is 1. The van der Waals surface area contributed by atoms with Crippen molar-refractivity contribution in [1.29, 1.82) is 0 Å². The molecule has 0 saturated heterocycles. The minimum absolute atomic E-state index is 0.0297. The lowest BCUT2D eigenvalue weighted by Gasteiger charge is -2.15. The van der Waals surface area contributed by atoms with E-state index in [9.17, 15) is 8.78 Å². The lowest BCUT2D eigenvalue weighted by atomic mass is 10.1. The van der Waals surface area contributed by atoms with Gasteiger partial charge in [-0.25, -0.2) is 8.78 Å². The Kier molecular flexibility index (Phi) is 7.26. The number of ether oxygens (including phenoxy) is 1. The van der Waals surface area contributed by atoms with E-state index in [1.54, 1.807) is 0 Å². The van der Waals surface area contributed by atoms with E-state index in [0.29, 0.717) is 6.54 Å². The van der Waals surface area contributed by atoms with Crippen LogP contribution in [0.3, 0.4) is 0 Å². The average molecular weight is 286 g/mol. The summed E-state index contributed by atoms with van der Waals surface area (Å²) in [4.78, 5) is 3.86. The zero-order valence-corrected chi connectivity index (χ0v) is 12.5. The molecule has 1 N–H and O–H groups in total. The molecule has 0 aliphatic carbocycles. The standard InChI is InChI=1S/C15H24F2N2O/c1-4-6-7-8-9-11(3)20-15-13(17)10-12(16)14(19-15)18-5-2/h10-11H,4-9H2,1-3H3,(H,18,19). The molecule has 5 heteroatoms. The average Bonchev–Trinajstić information content (AvgIpc) is 2.40. The van der Waals surface area contributed by atoms with Crippen molar-refractivity contribution in [3.63, 3.8) is 0 Å². The van der Waals surface area contributed by atoms with Gasteiger partial charge in [-0.05, 0) is 26.7 Å². The third kappa shape index (κ3) is 5.31. The Bertz CT molecular complexity index is 413. The fourth-order valence-corrected chi connectivity index (χ4v) is 1.93.